The molecule has 4 aromatic rings. The summed E-state index contributed by atoms with van der Waals surface area (Å²) in [4.78, 5) is 35.1. The van der Waals surface area contributed by atoms with Crippen molar-refractivity contribution in [1.82, 2.24) is 15.5 Å². The van der Waals surface area contributed by atoms with Gasteiger partial charge in [-0.15, -0.1) is 0 Å². The molecule has 1 N–H and O–H groups in total. The Morgan fingerprint density at radius 2 is 1.62 bits per heavy atom. The molecule has 0 radical (unpaired) electrons. The maximum atomic E-state index is 14.4. The molecule has 4 aliphatic rings. The molecule has 242 valence electrons. The van der Waals surface area contributed by atoms with Crippen molar-refractivity contribution in [3.05, 3.63) is 112 Å². The minimum Gasteiger partial charge on any atom is -0.486 e. The molecule has 47 heavy (non-hydrogen) atoms. The van der Waals surface area contributed by atoms with Crippen molar-refractivity contribution in [2.24, 2.45) is 11.8 Å². The van der Waals surface area contributed by atoms with E-state index in [1.807, 2.05) is 86.7 Å². The number of allylic oxidation sites excluding steroid dienone is 1. The van der Waals surface area contributed by atoms with Crippen LogP contribution in [0.2, 0.25) is 0 Å². The van der Waals surface area contributed by atoms with Gasteiger partial charge in [-0.05, 0) is 48.6 Å². The lowest BCUT2D eigenvalue weighted by Crippen LogP contribution is -2.44. The van der Waals surface area contributed by atoms with Gasteiger partial charge in [-0.25, -0.2) is 4.98 Å². The average Bonchev–Trinajstić information content (AvgIpc) is 3.72. The minimum atomic E-state index is -1.18. The summed E-state index contributed by atoms with van der Waals surface area (Å²) in [6, 6.07) is 19.5. The van der Waals surface area contributed by atoms with Gasteiger partial charge in [0.1, 0.15) is 30.3 Å². The second kappa shape index (κ2) is 12.3. The predicted octanol–water partition coefficient (Wildman–Crippen LogP) is 5.36. The molecule has 3 aliphatic carbocycles. The van der Waals surface area contributed by atoms with Gasteiger partial charge in [0.05, 0.1) is 11.8 Å². The number of anilines is 1. The Hall–Kier alpha value is -4.96. The number of hydrogen-bond acceptors (Lipinski definition) is 10. The van der Waals surface area contributed by atoms with Gasteiger partial charge >= 0.3 is 0 Å². The van der Waals surface area contributed by atoms with E-state index in [1.165, 1.54) is 0 Å². The van der Waals surface area contributed by atoms with Gasteiger partial charge in [0, 0.05) is 37.6 Å². The Morgan fingerprint density at radius 1 is 0.957 bits per heavy atom. The Labute approximate surface area is 273 Å². The van der Waals surface area contributed by atoms with E-state index in [-0.39, 0.29) is 35.9 Å². The molecule has 2 aromatic heterocycles. The zero-order valence-corrected chi connectivity index (χ0v) is 27.0. The molecule has 1 unspecified atom stereocenters. The largest absolute Gasteiger partial charge is 0.486 e. The maximum Gasteiger partial charge on any atom is 0.265 e. The Bertz CT molecular complexity index is 1850. The first-order valence-electron chi connectivity index (χ1n) is 16.1. The number of benzene rings is 2. The Kier molecular flexibility index (Phi) is 8.05. The topological polar surface area (TPSA) is 119 Å². The van der Waals surface area contributed by atoms with Crippen molar-refractivity contribution in [2.45, 2.75) is 45.0 Å². The van der Waals surface area contributed by atoms with Crippen LogP contribution >= 0.6 is 0 Å². The second-order valence-corrected chi connectivity index (χ2v) is 12.5. The summed E-state index contributed by atoms with van der Waals surface area (Å²) in [5, 5.41) is 7.04. The fourth-order valence-corrected chi connectivity index (χ4v) is 6.99. The van der Waals surface area contributed by atoms with Crippen molar-refractivity contribution in [3.63, 3.8) is 0 Å². The van der Waals surface area contributed by atoms with Crippen LogP contribution in [0.1, 0.15) is 56.5 Å². The number of fused-ring (bicyclic) bond motifs is 3. The summed E-state index contributed by atoms with van der Waals surface area (Å²) in [5.74, 6) is 1.67. The number of carbonyl (C=O) groups excluding carboxylic acids is 2. The average molecular weight is 635 g/mol. The van der Waals surface area contributed by atoms with E-state index in [1.54, 1.807) is 6.20 Å². The number of ether oxygens (including phenoxy) is 3. The van der Waals surface area contributed by atoms with Crippen LogP contribution in [0.3, 0.4) is 0 Å². The molecule has 2 aromatic carbocycles. The molecule has 3 atom stereocenters. The molecule has 0 saturated carbocycles. The predicted molar refractivity (Wildman–Crippen MR) is 175 cm³/mol. The van der Waals surface area contributed by atoms with Gasteiger partial charge in [0.15, 0.2) is 17.3 Å². The molecule has 8 rings (SSSR count). The van der Waals surface area contributed by atoms with E-state index >= 15 is 0 Å². The summed E-state index contributed by atoms with van der Waals surface area (Å²) < 4.78 is 24.0. The first-order valence-corrected chi connectivity index (χ1v) is 16.1. The van der Waals surface area contributed by atoms with Gasteiger partial charge < -0.3 is 29.0 Å². The van der Waals surface area contributed by atoms with Gasteiger partial charge in [-0.3, -0.25) is 9.59 Å². The van der Waals surface area contributed by atoms with E-state index in [0.29, 0.717) is 59.8 Å². The van der Waals surface area contributed by atoms with Gasteiger partial charge in [0.2, 0.25) is 11.4 Å². The minimum absolute atomic E-state index is 0.105. The molecule has 1 saturated heterocycles. The van der Waals surface area contributed by atoms with Crippen LogP contribution in [0.5, 0.6) is 11.6 Å². The third-order valence-electron chi connectivity index (χ3n) is 9.36. The summed E-state index contributed by atoms with van der Waals surface area (Å²) >= 11 is 0. The molecule has 1 aliphatic heterocycles. The molecular weight excluding hydrogens is 596 g/mol. The smallest absolute Gasteiger partial charge is 0.265 e. The van der Waals surface area contributed by atoms with E-state index in [9.17, 15) is 9.59 Å². The van der Waals surface area contributed by atoms with Crippen LogP contribution in [-0.4, -0.2) is 55.0 Å². The van der Waals surface area contributed by atoms with E-state index in [4.69, 9.17) is 18.7 Å². The number of nitrogens with one attached hydrogen (secondary N) is 1. The van der Waals surface area contributed by atoms with Gasteiger partial charge in [-0.2, -0.15) is 0 Å². The lowest BCUT2D eigenvalue weighted by Gasteiger charge is -2.36. The van der Waals surface area contributed by atoms with Crippen LogP contribution in [0, 0.1) is 11.8 Å². The first-order chi connectivity index (χ1) is 22.9. The highest BCUT2D eigenvalue weighted by Crippen LogP contribution is 2.63. The molecule has 1 fully saturated rings. The fourth-order valence-electron chi connectivity index (χ4n) is 6.99. The number of rotatable bonds is 8. The summed E-state index contributed by atoms with van der Waals surface area (Å²) in [6.07, 6.45) is 3.32. The van der Waals surface area contributed by atoms with E-state index in [2.05, 4.69) is 22.4 Å². The highest BCUT2D eigenvalue weighted by molar-refractivity contribution is 6.18. The zero-order chi connectivity index (χ0) is 32.7. The number of aromatic nitrogens is 2. The van der Waals surface area contributed by atoms with Crippen LogP contribution in [0.25, 0.3) is 0 Å². The van der Waals surface area contributed by atoms with Crippen molar-refractivity contribution in [3.8, 4) is 11.6 Å². The number of ketones is 2. The monoisotopic (exact) mass is 634 g/mol. The number of Topliss-reactive ketones (excluding diaryl/α,β-unsaturated/α-hetero) is 2. The first kappa shape index (κ1) is 30.7. The number of hydrogen-bond donors (Lipinski definition) is 1. The fraction of sp³-hybridized carbons (Fsp3) is 0.351. The number of epoxide rings is 1. The van der Waals surface area contributed by atoms with Crippen molar-refractivity contribution in [2.75, 3.05) is 32.6 Å². The van der Waals surface area contributed by atoms with Gasteiger partial charge in [-0.1, -0.05) is 67.6 Å². The molecule has 3 heterocycles. The maximum absolute atomic E-state index is 14.4. The van der Waals surface area contributed by atoms with Crippen LogP contribution in [-0.2, 0) is 30.8 Å². The lowest BCUT2D eigenvalue weighted by molar-refractivity contribution is 0.0735. The molecule has 10 heteroatoms. The third-order valence-corrected chi connectivity index (χ3v) is 9.36. The Balaban J connectivity index is 0.000000833. The Morgan fingerprint density at radius 3 is 2.26 bits per heavy atom. The highest BCUT2D eigenvalue weighted by atomic mass is 16.6. The quantitative estimate of drug-likeness (QED) is 0.254. The lowest BCUT2D eigenvalue weighted by atomic mass is 9.63. The summed E-state index contributed by atoms with van der Waals surface area (Å²) in [6.45, 7) is 3.70. The van der Waals surface area contributed by atoms with Crippen LogP contribution in [0.15, 0.2) is 82.7 Å². The zero-order valence-electron chi connectivity index (χ0n) is 27.0. The van der Waals surface area contributed by atoms with Crippen molar-refractivity contribution in [1.29, 1.82) is 0 Å². The third kappa shape index (κ3) is 5.26. The second-order valence-electron chi connectivity index (χ2n) is 12.5. The SMILES string of the molecule is CCNC.CN(C)c1ncc(OCc2ccccc2)c2c1CC1C[C@H]3Cc4onc(OCc5ccccc5)c4C(=O)[C@]34OC4=C1C2=O. The molecular formula is C37H38N4O6. The summed E-state index contributed by atoms with van der Waals surface area (Å²) in [5.41, 5.74) is 3.02. The molecule has 1 spiro atoms. The van der Waals surface area contributed by atoms with E-state index in [0.717, 1.165) is 29.1 Å². The molecule has 0 amide bonds. The van der Waals surface area contributed by atoms with Crippen LogP contribution in [0.4, 0.5) is 5.82 Å². The highest BCUT2D eigenvalue weighted by Gasteiger charge is 2.72. The standard InChI is InChI=1S/C34H29N3O6.C3H9N/c1-37(2)32-23-14-21-13-22-15-24-28(33(36-43-24)41-18-20-11-7-4-8-12-20)30(39)34(22)31(42-34)26(21)29(38)27(23)25(16-35-32)40-17-19-9-5-3-6-10-19;1-3-4-2/h3-12,16,21-22H,13-15,17-18H2,1-2H3;4H,3H2,1-2H3/t21?,22-,34+;/m0./s1. The van der Waals surface area contributed by atoms with Gasteiger partial charge in [0.25, 0.3) is 5.88 Å². The number of nitrogens with zero attached hydrogens (tertiary/aromatic N) is 3. The molecule has 0 bridgehead atoms. The van der Waals surface area contributed by atoms with Crippen molar-refractivity contribution < 1.29 is 28.3 Å². The summed E-state index contributed by atoms with van der Waals surface area (Å²) in [7, 11) is 5.77. The van der Waals surface area contributed by atoms with Crippen molar-refractivity contribution >= 4 is 17.4 Å². The molecule has 10 nitrogen and oxygen atoms in total. The number of pyridine rings is 1. The van der Waals surface area contributed by atoms with Crippen LogP contribution < -0.4 is 19.7 Å². The number of carbonyl (C=O) groups is 2. The van der Waals surface area contributed by atoms with E-state index < -0.39 is 5.60 Å². The normalized spacial score (nSPS) is 21.5.